The Hall–Kier alpha value is -2.07. The molecule has 0 spiro atoms. The summed E-state index contributed by atoms with van der Waals surface area (Å²) in [6.45, 7) is 2.96. The Morgan fingerprint density at radius 2 is 2.14 bits per heavy atom. The SMILES string of the molecule is C/C(=C\C(=O)O)c1ccc(-c2ccc3c(c2)CCCN3C)s1. The average molecular weight is 313 g/mol. The van der Waals surface area contributed by atoms with Gasteiger partial charge >= 0.3 is 5.97 Å². The summed E-state index contributed by atoms with van der Waals surface area (Å²) in [5.41, 5.74) is 4.74. The molecule has 1 aliphatic rings. The lowest BCUT2D eigenvalue weighted by atomic mass is 9.99. The monoisotopic (exact) mass is 313 g/mol. The van der Waals surface area contributed by atoms with Gasteiger partial charge in [0.2, 0.25) is 0 Å². The van der Waals surface area contributed by atoms with E-state index in [0.29, 0.717) is 0 Å². The molecule has 0 unspecified atom stereocenters. The number of carboxylic acid groups (broad SMARTS) is 1. The van der Waals surface area contributed by atoms with Crippen LogP contribution in [0.4, 0.5) is 5.69 Å². The van der Waals surface area contributed by atoms with E-state index in [1.54, 1.807) is 11.3 Å². The highest BCUT2D eigenvalue weighted by molar-refractivity contribution is 7.16. The number of aliphatic carboxylic acids is 1. The van der Waals surface area contributed by atoms with Crippen molar-refractivity contribution >= 4 is 28.6 Å². The quantitative estimate of drug-likeness (QED) is 0.860. The van der Waals surface area contributed by atoms with Crippen LogP contribution in [0.5, 0.6) is 0 Å². The Labute approximate surface area is 134 Å². The Kier molecular flexibility index (Phi) is 4.03. The highest BCUT2D eigenvalue weighted by atomic mass is 32.1. The fraction of sp³-hybridized carbons (Fsp3) is 0.278. The van der Waals surface area contributed by atoms with E-state index in [1.807, 2.05) is 13.0 Å². The van der Waals surface area contributed by atoms with Crippen molar-refractivity contribution in [3.8, 4) is 10.4 Å². The number of anilines is 1. The number of allylic oxidation sites excluding steroid dienone is 1. The first-order valence-electron chi connectivity index (χ1n) is 7.40. The van der Waals surface area contributed by atoms with Crippen LogP contribution in [-0.2, 0) is 11.2 Å². The van der Waals surface area contributed by atoms with Crippen LogP contribution in [0.25, 0.3) is 16.0 Å². The molecule has 3 nitrogen and oxygen atoms in total. The summed E-state index contributed by atoms with van der Waals surface area (Å²) in [4.78, 5) is 15.3. The van der Waals surface area contributed by atoms with Crippen LogP contribution in [0.1, 0.15) is 23.8 Å². The predicted octanol–water partition coefficient (Wildman–Crippen LogP) is 4.29. The lowest BCUT2D eigenvalue weighted by molar-refractivity contribution is -0.131. The maximum Gasteiger partial charge on any atom is 0.328 e. The van der Waals surface area contributed by atoms with Crippen molar-refractivity contribution in [1.82, 2.24) is 0 Å². The molecule has 3 rings (SSSR count). The summed E-state index contributed by atoms with van der Waals surface area (Å²) in [7, 11) is 2.14. The Bertz CT molecular complexity index is 745. The van der Waals surface area contributed by atoms with Gasteiger partial charge in [0.05, 0.1) is 0 Å². The molecule has 1 N–H and O–H groups in total. The molecule has 0 fully saturated rings. The Balaban J connectivity index is 1.92. The number of fused-ring (bicyclic) bond motifs is 1. The minimum atomic E-state index is -0.899. The van der Waals surface area contributed by atoms with Crippen molar-refractivity contribution in [2.45, 2.75) is 19.8 Å². The minimum Gasteiger partial charge on any atom is -0.478 e. The number of hydrogen-bond acceptors (Lipinski definition) is 3. The van der Waals surface area contributed by atoms with E-state index in [9.17, 15) is 4.79 Å². The van der Waals surface area contributed by atoms with E-state index in [0.717, 1.165) is 23.4 Å². The molecule has 22 heavy (non-hydrogen) atoms. The van der Waals surface area contributed by atoms with E-state index in [2.05, 4.69) is 36.2 Å². The Morgan fingerprint density at radius 3 is 2.91 bits per heavy atom. The van der Waals surface area contributed by atoms with Gasteiger partial charge in [0, 0.05) is 35.1 Å². The topological polar surface area (TPSA) is 40.5 Å². The van der Waals surface area contributed by atoms with Gasteiger partial charge < -0.3 is 10.0 Å². The van der Waals surface area contributed by atoms with Gasteiger partial charge in [0.15, 0.2) is 0 Å². The van der Waals surface area contributed by atoms with Crippen molar-refractivity contribution in [1.29, 1.82) is 0 Å². The molecule has 0 amide bonds. The largest absolute Gasteiger partial charge is 0.478 e. The second-order valence-corrected chi connectivity index (χ2v) is 6.78. The van der Waals surface area contributed by atoms with Gasteiger partial charge in [0.1, 0.15) is 0 Å². The van der Waals surface area contributed by atoms with Crippen molar-refractivity contribution in [3.05, 3.63) is 46.8 Å². The smallest absolute Gasteiger partial charge is 0.328 e. The molecule has 4 heteroatoms. The Morgan fingerprint density at radius 1 is 1.32 bits per heavy atom. The zero-order chi connectivity index (χ0) is 15.7. The van der Waals surface area contributed by atoms with Gasteiger partial charge in [-0.1, -0.05) is 6.07 Å². The lowest BCUT2D eigenvalue weighted by Gasteiger charge is -2.27. The minimum absolute atomic E-state index is 0.793. The van der Waals surface area contributed by atoms with E-state index < -0.39 is 5.97 Å². The molecule has 0 atom stereocenters. The summed E-state index contributed by atoms with van der Waals surface area (Å²) < 4.78 is 0. The predicted molar refractivity (Wildman–Crippen MR) is 92.6 cm³/mol. The summed E-state index contributed by atoms with van der Waals surface area (Å²) in [5.74, 6) is -0.899. The van der Waals surface area contributed by atoms with Crippen LogP contribution in [0.3, 0.4) is 0 Å². The standard InChI is InChI=1S/C18H19NO2S/c1-12(10-18(20)21)16-7-8-17(22-16)14-5-6-15-13(11-14)4-3-9-19(15)2/h5-8,10-11H,3-4,9H2,1-2H3,(H,20,21)/b12-10+. The van der Waals surface area contributed by atoms with E-state index in [-0.39, 0.29) is 0 Å². The molecule has 1 aromatic heterocycles. The first-order chi connectivity index (χ1) is 10.5. The molecule has 114 valence electrons. The molecule has 0 saturated carbocycles. The molecule has 1 aliphatic heterocycles. The van der Waals surface area contributed by atoms with Crippen LogP contribution in [-0.4, -0.2) is 24.7 Å². The summed E-state index contributed by atoms with van der Waals surface area (Å²) >= 11 is 1.64. The van der Waals surface area contributed by atoms with Crippen molar-refractivity contribution in [3.63, 3.8) is 0 Å². The first kappa shape index (κ1) is 14.9. The third-order valence-electron chi connectivity index (χ3n) is 4.05. The molecule has 0 aliphatic carbocycles. The third-order valence-corrected chi connectivity index (χ3v) is 5.32. The first-order valence-corrected chi connectivity index (χ1v) is 8.22. The lowest BCUT2D eigenvalue weighted by Crippen LogP contribution is -2.24. The number of rotatable bonds is 3. The number of benzene rings is 1. The highest BCUT2D eigenvalue weighted by Crippen LogP contribution is 2.35. The van der Waals surface area contributed by atoms with E-state index in [1.165, 1.54) is 34.2 Å². The summed E-state index contributed by atoms with van der Waals surface area (Å²) in [6, 6.07) is 10.7. The van der Waals surface area contributed by atoms with Crippen molar-refractivity contribution in [2.24, 2.45) is 0 Å². The molecule has 1 aromatic carbocycles. The van der Waals surface area contributed by atoms with Gasteiger partial charge in [-0.15, -0.1) is 11.3 Å². The van der Waals surface area contributed by atoms with Crippen molar-refractivity contribution in [2.75, 3.05) is 18.5 Å². The van der Waals surface area contributed by atoms with Gasteiger partial charge in [-0.25, -0.2) is 4.79 Å². The molecule has 0 radical (unpaired) electrons. The average Bonchev–Trinajstić information content (AvgIpc) is 2.96. The normalized spacial score (nSPS) is 14.8. The second-order valence-electron chi connectivity index (χ2n) is 5.70. The molecular weight excluding hydrogens is 294 g/mol. The number of hydrogen-bond donors (Lipinski definition) is 1. The second kappa shape index (κ2) is 5.97. The fourth-order valence-corrected chi connectivity index (χ4v) is 3.87. The van der Waals surface area contributed by atoms with Gasteiger partial charge in [-0.3, -0.25) is 0 Å². The number of thiophene rings is 1. The van der Waals surface area contributed by atoms with Crippen LogP contribution in [0.15, 0.2) is 36.4 Å². The summed E-state index contributed by atoms with van der Waals surface area (Å²) in [6.07, 6.45) is 3.59. The van der Waals surface area contributed by atoms with Crippen LogP contribution in [0, 0.1) is 0 Å². The fourth-order valence-electron chi connectivity index (χ4n) is 2.90. The van der Waals surface area contributed by atoms with Gasteiger partial charge in [-0.05, 0) is 60.7 Å². The number of aryl methyl sites for hydroxylation is 1. The van der Waals surface area contributed by atoms with Crippen molar-refractivity contribution < 1.29 is 9.90 Å². The zero-order valence-corrected chi connectivity index (χ0v) is 13.6. The zero-order valence-electron chi connectivity index (χ0n) is 12.8. The molecule has 2 aromatic rings. The highest BCUT2D eigenvalue weighted by Gasteiger charge is 2.15. The third kappa shape index (κ3) is 2.92. The number of nitrogens with zero attached hydrogens (tertiary/aromatic N) is 1. The van der Waals surface area contributed by atoms with Crippen LogP contribution >= 0.6 is 11.3 Å². The molecular formula is C18H19NO2S. The number of carboxylic acids is 1. The maximum absolute atomic E-state index is 10.8. The van der Waals surface area contributed by atoms with Gasteiger partial charge in [-0.2, -0.15) is 0 Å². The van der Waals surface area contributed by atoms with E-state index in [4.69, 9.17) is 5.11 Å². The van der Waals surface area contributed by atoms with Crippen LogP contribution in [0.2, 0.25) is 0 Å². The molecule has 0 saturated heterocycles. The molecule has 0 bridgehead atoms. The van der Waals surface area contributed by atoms with E-state index >= 15 is 0 Å². The number of carbonyl (C=O) groups is 1. The molecule has 2 heterocycles. The maximum atomic E-state index is 10.8. The van der Waals surface area contributed by atoms with Crippen LogP contribution < -0.4 is 4.90 Å². The summed E-state index contributed by atoms with van der Waals surface area (Å²) in [5, 5.41) is 8.85. The van der Waals surface area contributed by atoms with Gasteiger partial charge in [0.25, 0.3) is 0 Å².